The monoisotopic (exact) mass is 252 g/mol. The average molecular weight is 252 g/mol. The molecule has 0 aromatic carbocycles. The quantitative estimate of drug-likeness (QED) is 0.820. The Bertz CT molecular complexity index is 410. The maximum absolute atomic E-state index is 11.9. The van der Waals surface area contributed by atoms with Gasteiger partial charge in [-0.2, -0.15) is 0 Å². The van der Waals surface area contributed by atoms with Crippen LogP contribution in [-0.2, 0) is 4.79 Å². The number of nitrogens with one attached hydrogen (secondary N) is 1. The van der Waals surface area contributed by atoms with Gasteiger partial charge in [-0.05, 0) is 13.3 Å². The molecule has 0 aliphatic carbocycles. The zero-order valence-electron chi connectivity index (χ0n) is 10.3. The summed E-state index contributed by atoms with van der Waals surface area (Å²) in [5.74, 6) is -1.05. The molecular formula is C11H16N4O3. The standard InChI is InChI=1S/C11H16N4O3/c1-3-8(2)15(6-10(16)17)11(18)14-9-4-12-7-13-5-9/h4-5,7-8H,3,6H2,1-2H3,(H,14,18)(H,16,17). The Kier molecular flexibility index (Phi) is 5.04. The predicted molar refractivity (Wildman–Crippen MR) is 65.1 cm³/mol. The Morgan fingerprint density at radius 2 is 2.06 bits per heavy atom. The van der Waals surface area contributed by atoms with Crippen LogP contribution >= 0.6 is 0 Å². The molecule has 0 aliphatic heterocycles. The van der Waals surface area contributed by atoms with E-state index in [2.05, 4.69) is 15.3 Å². The molecule has 0 spiro atoms. The minimum Gasteiger partial charge on any atom is -0.480 e. The van der Waals surface area contributed by atoms with Crippen molar-refractivity contribution in [1.29, 1.82) is 0 Å². The summed E-state index contributed by atoms with van der Waals surface area (Å²) in [5, 5.41) is 11.4. The lowest BCUT2D eigenvalue weighted by Crippen LogP contribution is -2.44. The first-order valence-corrected chi connectivity index (χ1v) is 5.59. The van der Waals surface area contributed by atoms with Crippen LogP contribution in [0.1, 0.15) is 20.3 Å². The molecule has 1 atom stereocenters. The number of carbonyl (C=O) groups excluding carboxylic acids is 1. The van der Waals surface area contributed by atoms with E-state index in [-0.39, 0.29) is 12.6 Å². The highest BCUT2D eigenvalue weighted by atomic mass is 16.4. The van der Waals surface area contributed by atoms with Gasteiger partial charge in [-0.3, -0.25) is 4.79 Å². The first-order chi connectivity index (χ1) is 8.54. The fraction of sp³-hybridized carbons (Fsp3) is 0.455. The lowest BCUT2D eigenvalue weighted by molar-refractivity contribution is -0.138. The Labute approximate surface area is 105 Å². The molecule has 0 aliphatic rings. The molecule has 18 heavy (non-hydrogen) atoms. The lowest BCUT2D eigenvalue weighted by Gasteiger charge is -2.26. The van der Waals surface area contributed by atoms with Gasteiger partial charge in [0.05, 0.1) is 18.1 Å². The molecule has 0 radical (unpaired) electrons. The summed E-state index contributed by atoms with van der Waals surface area (Å²) in [7, 11) is 0. The number of aliphatic carboxylic acids is 1. The molecular weight excluding hydrogens is 236 g/mol. The Morgan fingerprint density at radius 3 is 2.56 bits per heavy atom. The summed E-state index contributed by atoms with van der Waals surface area (Å²) in [5.41, 5.74) is 0.432. The van der Waals surface area contributed by atoms with Crippen LogP contribution in [0.25, 0.3) is 0 Å². The van der Waals surface area contributed by atoms with E-state index in [1.165, 1.54) is 23.6 Å². The largest absolute Gasteiger partial charge is 0.480 e. The second kappa shape index (κ2) is 6.53. The van der Waals surface area contributed by atoms with Gasteiger partial charge in [-0.1, -0.05) is 6.92 Å². The third kappa shape index (κ3) is 4.00. The van der Waals surface area contributed by atoms with Crippen molar-refractivity contribution in [2.45, 2.75) is 26.3 Å². The molecule has 2 N–H and O–H groups in total. The van der Waals surface area contributed by atoms with Gasteiger partial charge < -0.3 is 15.3 Å². The minimum absolute atomic E-state index is 0.161. The van der Waals surface area contributed by atoms with Gasteiger partial charge in [0.1, 0.15) is 12.9 Å². The molecule has 98 valence electrons. The highest BCUT2D eigenvalue weighted by Crippen LogP contribution is 2.08. The smallest absolute Gasteiger partial charge is 0.323 e. The molecule has 1 aromatic heterocycles. The first kappa shape index (κ1) is 13.9. The number of carbonyl (C=O) groups is 2. The fourth-order valence-electron chi connectivity index (χ4n) is 1.35. The average Bonchev–Trinajstić information content (AvgIpc) is 2.36. The third-order valence-electron chi connectivity index (χ3n) is 2.50. The van der Waals surface area contributed by atoms with E-state index < -0.39 is 12.0 Å². The number of rotatable bonds is 5. The number of carboxylic acid groups (broad SMARTS) is 1. The van der Waals surface area contributed by atoms with Crippen LogP contribution in [0.4, 0.5) is 10.5 Å². The fourth-order valence-corrected chi connectivity index (χ4v) is 1.35. The number of hydrogen-bond acceptors (Lipinski definition) is 4. The van der Waals surface area contributed by atoms with Crippen LogP contribution in [0.2, 0.25) is 0 Å². The number of urea groups is 1. The lowest BCUT2D eigenvalue weighted by atomic mass is 10.2. The summed E-state index contributed by atoms with van der Waals surface area (Å²) in [6.07, 6.45) is 4.91. The maximum atomic E-state index is 11.9. The van der Waals surface area contributed by atoms with Gasteiger partial charge in [0.25, 0.3) is 0 Å². The van der Waals surface area contributed by atoms with Gasteiger partial charge in [0.2, 0.25) is 0 Å². The number of aromatic nitrogens is 2. The SMILES string of the molecule is CCC(C)N(CC(=O)O)C(=O)Nc1cncnc1. The zero-order valence-corrected chi connectivity index (χ0v) is 10.3. The topological polar surface area (TPSA) is 95.4 Å². The van der Waals surface area contributed by atoms with E-state index in [0.717, 1.165) is 0 Å². The van der Waals surface area contributed by atoms with E-state index in [4.69, 9.17) is 5.11 Å². The third-order valence-corrected chi connectivity index (χ3v) is 2.50. The van der Waals surface area contributed by atoms with E-state index in [1.807, 2.05) is 6.92 Å². The second-order valence-corrected chi connectivity index (χ2v) is 3.84. The van der Waals surface area contributed by atoms with Crippen LogP contribution in [0.3, 0.4) is 0 Å². The molecule has 1 aromatic rings. The van der Waals surface area contributed by atoms with Crippen LogP contribution in [0.15, 0.2) is 18.7 Å². The zero-order chi connectivity index (χ0) is 13.5. The molecule has 1 heterocycles. The number of anilines is 1. The van der Waals surface area contributed by atoms with E-state index >= 15 is 0 Å². The van der Waals surface area contributed by atoms with Crippen molar-refractivity contribution in [3.8, 4) is 0 Å². The minimum atomic E-state index is -1.05. The predicted octanol–water partition coefficient (Wildman–Crippen LogP) is 1.19. The van der Waals surface area contributed by atoms with Crippen molar-refractivity contribution >= 4 is 17.7 Å². The van der Waals surface area contributed by atoms with Gasteiger partial charge in [0.15, 0.2) is 0 Å². The molecule has 0 bridgehead atoms. The molecule has 7 nitrogen and oxygen atoms in total. The van der Waals surface area contributed by atoms with Gasteiger partial charge in [-0.25, -0.2) is 14.8 Å². The van der Waals surface area contributed by atoms with Gasteiger partial charge in [0, 0.05) is 6.04 Å². The van der Waals surface area contributed by atoms with Crippen molar-refractivity contribution in [3.05, 3.63) is 18.7 Å². The van der Waals surface area contributed by atoms with Crippen molar-refractivity contribution in [1.82, 2.24) is 14.9 Å². The van der Waals surface area contributed by atoms with Crippen molar-refractivity contribution < 1.29 is 14.7 Å². The van der Waals surface area contributed by atoms with Crippen LogP contribution in [0.5, 0.6) is 0 Å². The van der Waals surface area contributed by atoms with Crippen molar-refractivity contribution in [2.75, 3.05) is 11.9 Å². The highest BCUT2D eigenvalue weighted by molar-refractivity contribution is 5.91. The van der Waals surface area contributed by atoms with E-state index in [0.29, 0.717) is 12.1 Å². The molecule has 2 amide bonds. The highest BCUT2D eigenvalue weighted by Gasteiger charge is 2.21. The number of amides is 2. The Balaban J connectivity index is 2.73. The number of nitrogens with zero attached hydrogens (tertiary/aromatic N) is 3. The normalized spacial score (nSPS) is 11.7. The first-order valence-electron chi connectivity index (χ1n) is 5.59. The molecule has 1 unspecified atom stereocenters. The summed E-state index contributed by atoms with van der Waals surface area (Å²) >= 11 is 0. The van der Waals surface area contributed by atoms with Gasteiger partial charge >= 0.3 is 12.0 Å². The van der Waals surface area contributed by atoms with E-state index in [1.54, 1.807) is 6.92 Å². The molecule has 0 fully saturated rings. The van der Waals surface area contributed by atoms with Crippen molar-refractivity contribution in [3.63, 3.8) is 0 Å². The van der Waals surface area contributed by atoms with Crippen LogP contribution in [0, 0.1) is 0 Å². The number of hydrogen-bond donors (Lipinski definition) is 2. The number of carboxylic acids is 1. The molecule has 0 saturated heterocycles. The molecule has 0 saturated carbocycles. The van der Waals surface area contributed by atoms with Gasteiger partial charge in [-0.15, -0.1) is 0 Å². The summed E-state index contributed by atoms with van der Waals surface area (Å²) < 4.78 is 0. The maximum Gasteiger partial charge on any atom is 0.323 e. The Morgan fingerprint density at radius 1 is 1.44 bits per heavy atom. The van der Waals surface area contributed by atoms with Crippen LogP contribution < -0.4 is 5.32 Å². The molecule has 7 heteroatoms. The van der Waals surface area contributed by atoms with Crippen molar-refractivity contribution in [2.24, 2.45) is 0 Å². The summed E-state index contributed by atoms with van der Waals surface area (Å²) in [4.78, 5) is 31.5. The van der Waals surface area contributed by atoms with E-state index in [9.17, 15) is 9.59 Å². The Hall–Kier alpha value is -2.18. The molecule has 1 rings (SSSR count). The summed E-state index contributed by atoms with van der Waals surface area (Å²) in [6.45, 7) is 3.34. The second-order valence-electron chi connectivity index (χ2n) is 3.84. The van der Waals surface area contributed by atoms with Crippen LogP contribution in [-0.4, -0.2) is 44.6 Å². The summed E-state index contributed by atoms with van der Waals surface area (Å²) in [6, 6.07) is -0.632.